The van der Waals surface area contributed by atoms with E-state index in [1.165, 1.54) is 6.42 Å². The number of nitrogens with zero attached hydrogens (tertiary/aromatic N) is 4. The Labute approximate surface area is 145 Å². The highest BCUT2D eigenvalue weighted by molar-refractivity contribution is 5.79. The first-order chi connectivity index (χ1) is 11.6. The van der Waals surface area contributed by atoms with E-state index in [-0.39, 0.29) is 11.8 Å². The second-order valence-electron chi connectivity index (χ2n) is 7.57. The Kier molecular flexibility index (Phi) is 6.11. The first kappa shape index (κ1) is 17.7. The van der Waals surface area contributed by atoms with Gasteiger partial charge in [-0.1, -0.05) is 0 Å². The normalized spacial score (nSPS) is 26.8. The molecule has 0 spiro atoms. The first-order valence-electron chi connectivity index (χ1n) is 9.65. The van der Waals surface area contributed by atoms with E-state index in [1.54, 1.807) is 0 Å². The van der Waals surface area contributed by atoms with Crippen LogP contribution < -0.4 is 0 Å². The number of amides is 2. The number of likely N-dealkylation sites (tertiary alicyclic amines) is 2. The summed E-state index contributed by atoms with van der Waals surface area (Å²) >= 11 is 0. The van der Waals surface area contributed by atoms with Gasteiger partial charge in [0.05, 0.1) is 13.1 Å². The van der Waals surface area contributed by atoms with Crippen LogP contribution in [0.3, 0.4) is 0 Å². The minimum absolute atomic E-state index is 0.277. The minimum atomic E-state index is 0.277. The largest absolute Gasteiger partial charge is 0.342 e. The number of piperazine rings is 1. The molecule has 0 aliphatic carbocycles. The highest BCUT2D eigenvalue weighted by Crippen LogP contribution is 2.17. The Morgan fingerprint density at radius 1 is 0.750 bits per heavy atom. The second kappa shape index (κ2) is 8.30. The van der Waals surface area contributed by atoms with Crippen LogP contribution in [0, 0.1) is 0 Å². The molecule has 1 unspecified atom stereocenters. The van der Waals surface area contributed by atoms with Gasteiger partial charge in [0.2, 0.25) is 11.8 Å². The average molecular weight is 336 g/mol. The van der Waals surface area contributed by atoms with E-state index in [0.29, 0.717) is 19.1 Å². The summed E-state index contributed by atoms with van der Waals surface area (Å²) in [5, 5.41) is 0. The first-order valence-corrected chi connectivity index (χ1v) is 9.65. The van der Waals surface area contributed by atoms with Crippen molar-refractivity contribution in [2.24, 2.45) is 0 Å². The molecule has 1 atom stereocenters. The smallest absolute Gasteiger partial charge is 0.236 e. The molecule has 136 valence electrons. The van der Waals surface area contributed by atoms with E-state index in [9.17, 15) is 9.59 Å². The van der Waals surface area contributed by atoms with Crippen LogP contribution in [0.4, 0.5) is 0 Å². The molecular formula is C18H32N4O2. The maximum atomic E-state index is 12.5. The summed E-state index contributed by atoms with van der Waals surface area (Å²) in [7, 11) is 0. The van der Waals surface area contributed by atoms with E-state index in [2.05, 4.69) is 21.6 Å². The highest BCUT2D eigenvalue weighted by atomic mass is 16.2. The molecule has 3 aliphatic rings. The molecule has 0 N–H and O–H groups in total. The summed E-state index contributed by atoms with van der Waals surface area (Å²) in [6.07, 6.45) is 5.82. The lowest BCUT2D eigenvalue weighted by Crippen LogP contribution is -2.53. The highest BCUT2D eigenvalue weighted by Gasteiger charge is 2.27. The fourth-order valence-corrected chi connectivity index (χ4v) is 4.11. The van der Waals surface area contributed by atoms with Crippen LogP contribution in [-0.2, 0) is 9.59 Å². The van der Waals surface area contributed by atoms with Gasteiger partial charge < -0.3 is 9.80 Å². The molecule has 6 nitrogen and oxygen atoms in total. The van der Waals surface area contributed by atoms with E-state index in [4.69, 9.17) is 0 Å². The zero-order valence-corrected chi connectivity index (χ0v) is 15.1. The zero-order chi connectivity index (χ0) is 16.9. The maximum Gasteiger partial charge on any atom is 0.236 e. The van der Waals surface area contributed by atoms with E-state index in [0.717, 1.165) is 71.5 Å². The number of hydrogen-bond donors (Lipinski definition) is 0. The van der Waals surface area contributed by atoms with Gasteiger partial charge in [-0.2, -0.15) is 0 Å². The van der Waals surface area contributed by atoms with Crippen molar-refractivity contribution in [1.29, 1.82) is 0 Å². The van der Waals surface area contributed by atoms with Crippen LogP contribution in [0.25, 0.3) is 0 Å². The molecule has 0 radical (unpaired) electrons. The van der Waals surface area contributed by atoms with E-state index >= 15 is 0 Å². The van der Waals surface area contributed by atoms with E-state index < -0.39 is 0 Å². The molecule has 2 amide bonds. The molecule has 3 heterocycles. The fraction of sp³-hybridized carbons (Fsp3) is 0.889. The Morgan fingerprint density at radius 3 is 1.88 bits per heavy atom. The summed E-state index contributed by atoms with van der Waals surface area (Å²) in [6, 6.07) is 0.394. The van der Waals surface area contributed by atoms with Gasteiger partial charge in [-0.3, -0.25) is 19.4 Å². The fourth-order valence-electron chi connectivity index (χ4n) is 4.11. The number of piperidine rings is 1. The topological polar surface area (TPSA) is 47.1 Å². The van der Waals surface area contributed by atoms with Crippen molar-refractivity contribution >= 4 is 11.8 Å². The van der Waals surface area contributed by atoms with Gasteiger partial charge in [0.25, 0.3) is 0 Å². The molecule has 0 saturated carbocycles. The average Bonchev–Trinajstić information content (AvgIpc) is 3.11. The Hall–Kier alpha value is -1.14. The van der Waals surface area contributed by atoms with Gasteiger partial charge in [0.15, 0.2) is 0 Å². The van der Waals surface area contributed by atoms with Crippen LogP contribution in [0.15, 0.2) is 0 Å². The molecule has 3 rings (SSSR count). The van der Waals surface area contributed by atoms with Gasteiger partial charge in [-0.05, 0) is 39.0 Å². The summed E-state index contributed by atoms with van der Waals surface area (Å²) < 4.78 is 0. The summed E-state index contributed by atoms with van der Waals surface area (Å²) in [5.74, 6) is 0.558. The van der Waals surface area contributed by atoms with Gasteiger partial charge >= 0.3 is 0 Å². The molecule has 6 heteroatoms. The number of carbonyl (C=O) groups is 2. The summed E-state index contributed by atoms with van der Waals surface area (Å²) in [5.41, 5.74) is 0. The molecule has 3 saturated heterocycles. The predicted octanol–water partition coefficient (Wildman–Crippen LogP) is 0.627. The van der Waals surface area contributed by atoms with Gasteiger partial charge in [-0.25, -0.2) is 0 Å². The lowest BCUT2D eigenvalue weighted by molar-refractivity contribution is -0.137. The van der Waals surface area contributed by atoms with Crippen LogP contribution in [-0.4, -0.2) is 96.4 Å². The third-order valence-electron chi connectivity index (χ3n) is 5.76. The predicted molar refractivity (Wildman–Crippen MR) is 93.7 cm³/mol. The van der Waals surface area contributed by atoms with Crippen LogP contribution in [0.2, 0.25) is 0 Å². The van der Waals surface area contributed by atoms with Crippen molar-refractivity contribution in [2.75, 3.05) is 58.9 Å². The van der Waals surface area contributed by atoms with Crippen LogP contribution in [0.5, 0.6) is 0 Å². The number of hydrogen-bond acceptors (Lipinski definition) is 4. The Morgan fingerprint density at radius 2 is 1.29 bits per heavy atom. The molecule has 0 aromatic rings. The lowest BCUT2D eigenvalue weighted by Gasteiger charge is -2.38. The maximum absolute atomic E-state index is 12.5. The SMILES string of the molecule is CC1CCCCN1C(=O)CN1CCN(CC(=O)N2CCCC2)CC1. The van der Waals surface area contributed by atoms with Crippen molar-refractivity contribution in [3.63, 3.8) is 0 Å². The van der Waals surface area contributed by atoms with Crippen molar-refractivity contribution < 1.29 is 9.59 Å². The van der Waals surface area contributed by atoms with Crippen LogP contribution in [0.1, 0.15) is 39.0 Å². The summed E-state index contributed by atoms with van der Waals surface area (Å²) in [6.45, 7) is 9.60. The molecule has 0 bridgehead atoms. The Bertz CT molecular complexity index is 442. The Balaban J connectivity index is 1.38. The molecule has 3 fully saturated rings. The molecule has 0 aromatic carbocycles. The molecule has 3 aliphatic heterocycles. The van der Waals surface area contributed by atoms with Crippen LogP contribution >= 0.6 is 0 Å². The zero-order valence-electron chi connectivity index (χ0n) is 15.1. The van der Waals surface area contributed by atoms with Crippen molar-refractivity contribution in [3.05, 3.63) is 0 Å². The molecular weight excluding hydrogens is 304 g/mol. The minimum Gasteiger partial charge on any atom is -0.342 e. The molecule has 24 heavy (non-hydrogen) atoms. The van der Waals surface area contributed by atoms with E-state index in [1.807, 2.05) is 4.90 Å². The number of rotatable bonds is 4. The summed E-state index contributed by atoms with van der Waals surface area (Å²) in [4.78, 5) is 33.3. The van der Waals surface area contributed by atoms with Gasteiger partial charge in [0, 0.05) is 51.9 Å². The number of carbonyl (C=O) groups excluding carboxylic acids is 2. The van der Waals surface area contributed by atoms with Crippen molar-refractivity contribution in [1.82, 2.24) is 19.6 Å². The monoisotopic (exact) mass is 336 g/mol. The van der Waals surface area contributed by atoms with Gasteiger partial charge in [0.1, 0.15) is 0 Å². The third kappa shape index (κ3) is 4.48. The standard InChI is InChI=1S/C18H32N4O2/c1-16-6-2-3-9-22(16)18(24)15-20-12-10-19(11-13-20)14-17(23)21-7-4-5-8-21/h16H,2-15H2,1H3. The van der Waals surface area contributed by atoms with Gasteiger partial charge in [-0.15, -0.1) is 0 Å². The van der Waals surface area contributed by atoms with Crippen molar-refractivity contribution in [2.45, 2.75) is 45.1 Å². The second-order valence-corrected chi connectivity index (χ2v) is 7.57. The lowest BCUT2D eigenvalue weighted by atomic mass is 10.0. The van der Waals surface area contributed by atoms with Crippen molar-refractivity contribution in [3.8, 4) is 0 Å². The third-order valence-corrected chi connectivity index (χ3v) is 5.76. The molecule has 0 aromatic heterocycles. The quantitative estimate of drug-likeness (QED) is 0.755.